The lowest BCUT2D eigenvalue weighted by molar-refractivity contribution is 0.644. The minimum atomic E-state index is 0.0529. The summed E-state index contributed by atoms with van der Waals surface area (Å²) in [6.45, 7) is 4.16. The van der Waals surface area contributed by atoms with Crippen LogP contribution in [0.5, 0.6) is 0 Å². The predicted octanol–water partition coefficient (Wildman–Crippen LogP) is 2.66. The molecule has 1 aromatic carbocycles. The zero-order valence-electron chi connectivity index (χ0n) is 11.1. The van der Waals surface area contributed by atoms with Gasteiger partial charge in [0, 0.05) is 12.4 Å². The van der Waals surface area contributed by atoms with Gasteiger partial charge in [0.05, 0.1) is 6.04 Å². The van der Waals surface area contributed by atoms with Crippen molar-refractivity contribution in [3.8, 4) is 0 Å². The second kappa shape index (κ2) is 5.74. The van der Waals surface area contributed by atoms with Gasteiger partial charge in [0.2, 0.25) is 0 Å². The van der Waals surface area contributed by atoms with Crippen molar-refractivity contribution < 1.29 is 0 Å². The maximum atomic E-state index is 4.41. The van der Waals surface area contributed by atoms with E-state index in [1.165, 1.54) is 11.1 Å². The van der Waals surface area contributed by atoms with E-state index in [2.05, 4.69) is 46.5 Å². The molecule has 1 atom stereocenters. The molecule has 0 aliphatic carbocycles. The molecule has 0 fully saturated rings. The number of nitrogens with zero attached hydrogens (tertiary/aromatic N) is 2. The van der Waals surface area contributed by atoms with Crippen molar-refractivity contribution in [3.63, 3.8) is 0 Å². The van der Waals surface area contributed by atoms with Crippen LogP contribution >= 0.6 is 0 Å². The number of nitrogens with one attached hydrogen (secondary N) is 1. The Labute approximate surface area is 108 Å². The third kappa shape index (κ3) is 2.74. The highest BCUT2D eigenvalue weighted by atomic mass is 15.0. The number of hydrogen-bond acceptors (Lipinski definition) is 3. The molecule has 0 saturated heterocycles. The van der Waals surface area contributed by atoms with Crippen molar-refractivity contribution in [1.82, 2.24) is 15.3 Å². The lowest BCUT2D eigenvalue weighted by Crippen LogP contribution is -2.20. The molecule has 2 rings (SSSR count). The largest absolute Gasteiger partial charge is 0.307 e. The highest BCUT2D eigenvalue weighted by Gasteiger charge is 2.14. The number of benzene rings is 1. The number of aryl methyl sites for hydroxylation is 2. The van der Waals surface area contributed by atoms with Crippen LogP contribution in [-0.2, 0) is 6.42 Å². The smallest absolute Gasteiger partial charge is 0.149 e. The van der Waals surface area contributed by atoms with Crippen LogP contribution < -0.4 is 5.32 Å². The van der Waals surface area contributed by atoms with Crippen molar-refractivity contribution >= 4 is 0 Å². The monoisotopic (exact) mass is 241 g/mol. The van der Waals surface area contributed by atoms with E-state index < -0.39 is 0 Å². The molecule has 3 heteroatoms. The molecule has 2 aromatic rings. The van der Waals surface area contributed by atoms with Crippen LogP contribution in [0.15, 0.2) is 36.7 Å². The Kier molecular flexibility index (Phi) is 4.05. The van der Waals surface area contributed by atoms with Crippen LogP contribution in [-0.4, -0.2) is 17.0 Å². The Morgan fingerprint density at radius 1 is 1.22 bits per heavy atom. The fourth-order valence-corrected chi connectivity index (χ4v) is 1.99. The Morgan fingerprint density at radius 3 is 2.56 bits per heavy atom. The fraction of sp³-hybridized carbons (Fsp3) is 0.333. The number of hydrogen-bond donors (Lipinski definition) is 1. The molecule has 0 amide bonds. The Balaban J connectivity index is 2.35. The molecule has 0 aliphatic heterocycles. The molecule has 94 valence electrons. The van der Waals surface area contributed by atoms with Crippen LogP contribution in [0.3, 0.4) is 0 Å². The van der Waals surface area contributed by atoms with Crippen LogP contribution in [0.1, 0.15) is 35.5 Å². The van der Waals surface area contributed by atoms with Gasteiger partial charge in [0.15, 0.2) is 0 Å². The van der Waals surface area contributed by atoms with E-state index in [0.717, 1.165) is 17.8 Å². The third-order valence-corrected chi connectivity index (χ3v) is 3.04. The molecule has 0 radical (unpaired) electrons. The average Bonchev–Trinajstić information content (AvgIpc) is 2.42. The zero-order chi connectivity index (χ0) is 13.0. The first kappa shape index (κ1) is 12.7. The van der Waals surface area contributed by atoms with Crippen molar-refractivity contribution in [2.45, 2.75) is 26.3 Å². The van der Waals surface area contributed by atoms with Crippen molar-refractivity contribution in [3.05, 3.63) is 59.2 Å². The summed E-state index contributed by atoms with van der Waals surface area (Å²) in [5.41, 5.74) is 3.62. The van der Waals surface area contributed by atoms with Gasteiger partial charge >= 0.3 is 0 Å². The number of rotatable bonds is 4. The van der Waals surface area contributed by atoms with E-state index in [-0.39, 0.29) is 6.04 Å². The van der Waals surface area contributed by atoms with Crippen LogP contribution in [0.2, 0.25) is 0 Å². The lowest BCUT2D eigenvalue weighted by Gasteiger charge is -2.16. The molecular formula is C15H19N3. The standard InChI is InChI=1S/C15H19N3/c1-4-12-6-5-7-13(8-12)14(16-3)15-17-9-11(2)10-18-15/h5-10,14,16H,4H2,1-3H3. The molecule has 3 nitrogen and oxygen atoms in total. The van der Waals surface area contributed by atoms with Gasteiger partial charge in [0.25, 0.3) is 0 Å². The lowest BCUT2D eigenvalue weighted by atomic mass is 10.0. The average molecular weight is 241 g/mol. The fourth-order valence-electron chi connectivity index (χ4n) is 1.99. The highest BCUT2D eigenvalue weighted by molar-refractivity contribution is 5.29. The SMILES string of the molecule is CCc1cccc(C(NC)c2ncc(C)cn2)c1. The van der Waals surface area contributed by atoms with Gasteiger partial charge in [-0.15, -0.1) is 0 Å². The minimum Gasteiger partial charge on any atom is -0.307 e. The molecule has 0 bridgehead atoms. The van der Waals surface area contributed by atoms with Gasteiger partial charge < -0.3 is 5.32 Å². The predicted molar refractivity (Wildman–Crippen MR) is 73.5 cm³/mol. The van der Waals surface area contributed by atoms with Crippen molar-refractivity contribution in [2.75, 3.05) is 7.05 Å². The molecule has 0 saturated carbocycles. The van der Waals surface area contributed by atoms with Gasteiger partial charge in [-0.25, -0.2) is 9.97 Å². The van der Waals surface area contributed by atoms with E-state index in [9.17, 15) is 0 Å². The molecule has 1 aromatic heterocycles. The number of aromatic nitrogens is 2. The Hall–Kier alpha value is -1.74. The van der Waals surface area contributed by atoms with Crippen LogP contribution in [0, 0.1) is 6.92 Å². The van der Waals surface area contributed by atoms with Crippen LogP contribution in [0.25, 0.3) is 0 Å². The molecular weight excluding hydrogens is 222 g/mol. The molecule has 1 unspecified atom stereocenters. The molecule has 1 N–H and O–H groups in total. The Bertz CT molecular complexity index is 505. The van der Waals surface area contributed by atoms with Gasteiger partial charge in [-0.3, -0.25) is 0 Å². The summed E-state index contributed by atoms with van der Waals surface area (Å²) in [5.74, 6) is 0.816. The van der Waals surface area contributed by atoms with E-state index in [0.29, 0.717) is 0 Å². The molecule has 18 heavy (non-hydrogen) atoms. The summed E-state index contributed by atoms with van der Waals surface area (Å²) < 4.78 is 0. The first-order chi connectivity index (χ1) is 8.74. The summed E-state index contributed by atoms with van der Waals surface area (Å²) in [6.07, 6.45) is 4.76. The highest BCUT2D eigenvalue weighted by Crippen LogP contribution is 2.19. The van der Waals surface area contributed by atoms with Crippen LogP contribution in [0.4, 0.5) is 0 Å². The van der Waals surface area contributed by atoms with Gasteiger partial charge in [0.1, 0.15) is 5.82 Å². The Morgan fingerprint density at radius 2 is 1.94 bits per heavy atom. The summed E-state index contributed by atoms with van der Waals surface area (Å²) in [4.78, 5) is 8.82. The quantitative estimate of drug-likeness (QED) is 0.894. The summed E-state index contributed by atoms with van der Waals surface area (Å²) >= 11 is 0. The second-order valence-electron chi connectivity index (χ2n) is 4.44. The van der Waals surface area contributed by atoms with Gasteiger partial charge in [-0.05, 0) is 37.1 Å². The molecule has 0 aliphatic rings. The maximum absolute atomic E-state index is 4.41. The van der Waals surface area contributed by atoms with Crippen molar-refractivity contribution in [2.24, 2.45) is 0 Å². The van der Waals surface area contributed by atoms with Gasteiger partial charge in [-0.1, -0.05) is 31.2 Å². The first-order valence-corrected chi connectivity index (χ1v) is 6.29. The normalized spacial score (nSPS) is 12.4. The molecule has 1 heterocycles. The first-order valence-electron chi connectivity index (χ1n) is 6.29. The summed E-state index contributed by atoms with van der Waals surface area (Å²) in [5, 5.41) is 3.28. The molecule has 0 spiro atoms. The van der Waals surface area contributed by atoms with E-state index >= 15 is 0 Å². The zero-order valence-corrected chi connectivity index (χ0v) is 11.1. The maximum Gasteiger partial charge on any atom is 0.149 e. The van der Waals surface area contributed by atoms with E-state index in [1.54, 1.807) is 0 Å². The summed E-state index contributed by atoms with van der Waals surface area (Å²) in [6, 6.07) is 8.62. The second-order valence-corrected chi connectivity index (χ2v) is 4.44. The van der Waals surface area contributed by atoms with E-state index in [1.807, 2.05) is 26.4 Å². The minimum absolute atomic E-state index is 0.0529. The van der Waals surface area contributed by atoms with Gasteiger partial charge in [-0.2, -0.15) is 0 Å². The topological polar surface area (TPSA) is 37.8 Å². The van der Waals surface area contributed by atoms with Crippen molar-refractivity contribution in [1.29, 1.82) is 0 Å². The van der Waals surface area contributed by atoms with E-state index in [4.69, 9.17) is 0 Å². The summed E-state index contributed by atoms with van der Waals surface area (Å²) in [7, 11) is 1.94. The third-order valence-electron chi connectivity index (χ3n) is 3.04.